The highest BCUT2D eigenvalue weighted by molar-refractivity contribution is 5.41. The standard InChI is InChI=1S/C13H19N3O/c1-8(2)9-6-11-14-10(13(3,4)5)7-12(17)16(11)15-9/h6-8,15H,1-5H3. The first-order valence-corrected chi connectivity index (χ1v) is 5.92. The summed E-state index contributed by atoms with van der Waals surface area (Å²) in [5.41, 5.74) is 2.40. The van der Waals surface area contributed by atoms with Gasteiger partial charge in [0, 0.05) is 23.2 Å². The normalized spacial score (nSPS) is 12.6. The van der Waals surface area contributed by atoms with Crippen LogP contribution >= 0.6 is 0 Å². The van der Waals surface area contributed by atoms with E-state index in [4.69, 9.17) is 0 Å². The monoisotopic (exact) mass is 233 g/mol. The highest BCUT2D eigenvalue weighted by Crippen LogP contribution is 2.20. The Hall–Kier alpha value is -1.58. The molecule has 0 aliphatic heterocycles. The van der Waals surface area contributed by atoms with Gasteiger partial charge in [0.05, 0.1) is 5.69 Å². The molecular weight excluding hydrogens is 214 g/mol. The van der Waals surface area contributed by atoms with Crippen LogP contribution in [0.25, 0.3) is 5.65 Å². The lowest BCUT2D eigenvalue weighted by molar-refractivity contribution is 0.566. The highest BCUT2D eigenvalue weighted by Gasteiger charge is 2.18. The molecule has 2 rings (SSSR count). The summed E-state index contributed by atoms with van der Waals surface area (Å²) in [5, 5.41) is 3.08. The van der Waals surface area contributed by atoms with Crippen LogP contribution in [0.15, 0.2) is 16.9 Å². The van der Waals surface area contributed by atoms with Gasteiger partial charge in [0.1, 0.15) is 0 Å². The van der Waals surface area contributed by atoms with E-state index in [9.17, 15) is 4.79 Å². The molecule has 17 heavy (non-hydrogen) atoms. The summed E-state index contributed by atoms with van der Waals surface area (Å²) < 4.78 is 1.50. The smallest absolute Gasteiger partial charge is 0.272 e. The van der Waals surface area contributed by atoms with Crippen LogP contribution in [0.2, 0.25) is 0 Å². The van der Waals surface area contributed by atoms with Gasteiger partial charge in [-0.2, -0.15) is 0 Å². The summed E-state index contributed by atoms with van der Waals surface area (Å²) in [4.78, 5) is 16.5. The summed E-state index contributed by atoms with van der Waals surface area (Å²) in [6.45, 7) is 10.3. The zero-order chi connectivity index (χ0) is 12.8. The average molecular weight is 233 g/mol. The van der Waals surface area contributed by atoms with Gasteiger partial charge in [-0.25, -0.2) is 9.50 Å². The Bertz CT molecular complexity index is 599. The number of H-pyrrole nitrogens is 1. The molecule has 0 fully saturated rings. The van der Waals surface area contributed by atoms with Crippen LogP contribution < -0.4 is 5.56 Å². The fourth-order valence-corrected chi connectivity index (χ4v) is 1.69. The molecule has 1 N–H and O–H groups in total. The van der Waals surface area contributed by atoms with E-state index in [0.29, 0.717) is 11.6 Å². The first kappa shape index (κ1) is 11.9. The molecule has 4 nitrogen and oxygen atoms in total. The molecule has 2 aromatic heterocycles. The molecular formula is C13H19N3O. The Morgan fingerprint density at radius 2 is 1.94 bits per heavy atom. The third-order valence-corrected chi connectivity index (χ3v) is 2.86. The molecule has 0 atom stereocenters. The molecule has 0 saturated heterocycles. The van der Waals surface area contributed by atoms with E-state index in [1.54, 1.807) is 6.07 Å². The first-order valence-electron chi connectivity index (χ1n) is 5.92. The third kappa shape index (κ3) is 2.12. The topological polar surface area (TPSA) is 50.2 Å². The zero-order valence-corrected chi connectivity index (χ0v) is 11.0. The average Bonchev–Trinajstić information content (AvgIpc) is 2.60. The van der Waals surface area contributed by atoms with Crippen molar-refractivity contribution in [3.8, 4) is 0 Å². The predicted octanol–water partition coefficient (Wildman–Crippen LogP) is 2.44. The Labute approximate surface area is 101 Å². The minimum Gasteiger partial charge on any atom is -0.293 e. The molecule has 92 valence electrons. The lowest BCUT2D eigenvalue weighted by Crippen LogP contribution is -2.22. The van der Waals surface area contributed by atoms with E-state index in [-0.39, 0.29) is 11.0 Å². The molecule has 0 spiro atoms. The molecule has 0 aliphatic carbocycles. The Morgan fingerprint density at radius 1 is 1.29 bits per heavy atom. The predicted molar refractivity (Wildman–Crippen MR) is 68.6 cm³/mol. The van der Waals surface area contributed by atoms with Crippen LogP contribution in [-0.2, 0) is 5.41 Å². The number of hydrogen-bond acceptors (Lipinski definition) is 2. The molecule has 4 heteroatoms. The highest BCUT2D eigenvalue weighted by atomic mass is 16.1. The van der Waals surface area contributed by atoms with Crippen molar-refractivity contribution in [2.45, 2.75) is 46.0 Å². The minimum absolute atomic E-state index is 0.0492. The van der Waals surface area contributed by atoms with Crippen LogP contribution in [-0.4, -0.2) is 14.6 Å². The second kappa shape index (κ2) is 3.72. The van der Waals surface area contributed by atoms with E-state index in [0.717, 1.165) is 11.4 Å². The van der Waals surface area contributed by atoms with E-state index in [1.165, 1.54) is 4.52 Å². The van der Waals surface area contributed by atoms with Crippen LogP contribution in [0.4, 0.5) is 0 Å². The van der Waals surface area contributed by atoms with Gasteiger partial charge >= 0.3 is 0 Å². The molecule has 2 aromatic rings. The zero-order valence-electron chi connectivity index (χ0n) is 11.0. The molecule has 0 radical (unpaired) electrons. The maximum Gasteiger partial charge on any atom is 0.272 e. The molecule has 0 amide bonds. The summed E-state index contributed by atoms with van der Waals surface area (Å²) in [6, 6.07) is 3.55. The van der Waals surface area contributed by atoms with Gasteiger partial charge in [0.15, 0.2) is 5.65 Å². The van der Waals surface area contributed by atoms with Gasteiger partial charge in [-0.1, -0.05) is 34.6 Å². The SMILES string of the molecule is CC(C)c1cc2nc(C(C)(C)C)cc(=O)n2[nH]1. The number of hydrogen-bond donors (Lipinski definition) is 1. The number of fused-ring (bicyclic) bond motifs is 1. The van der Waals surface area contributed by atoms with Gasteiger partial charge in [0.25, 0.3) is 5.56 Å². The van der Waals surface area contributed by atoms with Gasteiger partial charge in [-0.15, -0.1) is 0 Å². The summed E-state index contributed by atoms with van der Waals surface area (Å²) >= 11 is 0. The van der Waals surface area contributed by atoms with Crippen molar-refractivity contribution >= 4 is 5.65 Å². The minimum atomic E-state index is -0.108. The Balaban J connectivity index is 2.70. The number of nitrogens with zero attached hydrogens (tertiary/aromatic N) is 2. The first-order chi connectivity index (χ1) is 7.79. The van der Waals surface area contributed by atoms with Crippen molar-refractivity contribution < 1.29 is 0 Å². The molecule has 0 saturated carbocycles. The van der Waals surface area contributed by atoms with Gasteiger partial charge < -0.3 is 0 Å². The van der Waals surface area contributed by atoms with Crippen molar-refractivity contribution in [2.75, 3.05) is 0 Å². The van der Waals surface area contributed by atoms with E-state index in [2.05, 4.69) is 44.7 Å². The lowest BCUT2D eigenvalue weighted by atomic mass is 9.92. The van der Waals surface area contributed by atoms with Crippen molar-refractivity contribution in [2.24, 2.45) is 0 Å². The van der Waals surface area contributed by atoms with Crippen molar-refractivity contribution in [1.29, 1.82) is 0 Å². The van der Waals surface area contributed by atoms with E-state index in [1.807, 2.05) is 6.07 Å². The lowest BCUT2D eigenvalue weighted by Gasteiger charge is -2.16. The number of aromatic nitrogens is 3. The number of rotatable bonds is 1. The molecule has 2 heterocycles. The molecule has 0 bridgehead atoms. The molecule has 0 aromatic carbocycles. The maximum atomic E-state index is 12.0. The van der Waals surface area contributed by atoms with Crippen LogP contribution in [0.5, 0.6) is 0 Å². The summed E-state index contributed by atoms with van der Waals surface area (Å²) in [6.07, 6.45) is 0. The van der Waals surface area contributed by atoms with E-state index < -0.39 is 0 Å². The van der Waals surface area contributed by atoms with Crippen molar-refractivity contribution in [1.82, 2.24) is 14.6 Å². The van der Waals surface area contributed by atoms with Gasteiger partial charge in [-0.3, -0.25) is 9.89 Å². The molecule has 0 unspecified atom stereocenters. The van der Waals surface area contributed by atoms with Crippen LogP contribution in [0, 0.1) is 0 Å². The van der Waals surface area contributed by atoms with E-state index >= 15 is 0 Å². The second-order valence-corrected chi connectivity index (χ2v) is 5.79. The third-order valence-electron chi connectivity index (χ3n) is 2.86. The number of nitrogens with one attached hydrogen (secondary N) is 1. The largest absolute Gasteiger partial charge is 0.293 e. The fourth-order valence-electron chi connectivity index (χ4n) is 1.69. The summed E-state index contributed by atoms with van der Waals surface area (Å²) in [7, 11) is 0. The maximum absolute atomic E-state index is 12.0. The van der Waals surface area contributed by atoms with Gasteiger partial charge in [-0.05, 0) is 5.92 Å². The van der Waals surface area contributed by atoms with Crippen LogP contribution in [0.1, 0.15) is 51.9 Å². The molecule has 0 aliphatic rings. The van der Waals surface area contributed by atoms with Gasteiger partial charge in [0.2, 0.25) is 0 Å². The number of aromatic amines is 1. The summed E-state index contributed by atoms with van der Waals surface area (Å²) in [5.74, 6) is 0.356. The fraction of sp³-hybridized carbons (Fsp3) is 0.538. The van der Waals surface area contributed by atoms with Crippen LogP contribution in [0.3, 0.4) is 0 Å². The quantitative estimate of drug-likeness (QED) is 0.822. The second-order valence-electron chi connectivity index (χ2n) is 5.79. The van der Waals surface area contributed by atoms with Crippen molar-refractivity contribution in [3.63, 3.8) is 0 Å². The Morgan fingerprint density at radius 3 is 2.47 bits per heavy atom. The van der Waals surface area contributed by atoms with Crippen molar-refractivity contribution in [3.05, 3.63) is 33.9 Å². The Kier molecular flexibility index (Phi) is 2.60.